The Bertz CT molecular complexity index is 471. The van der Waals surface area contributed by atoms with Crippen molar-refractivity contribution in [2.45, 2.75) is 90.9 Å². The van der Waals surface area contributed by atoms with E-state index >= 15 is 0 Å². The summed E-state index contributed by atoms with van der Waals surface area (Å²) in [6, 6.07) is 7.30. The molecule has 1 heteroatoms. The first-order valence-electron chi connectivity index (χ1n) is 9.57. The van der Waals surface area contributed by atoms with Crippen LogP contribution in [0.4, 0.5) is 0 Å². The smallest absolute Gasteiger partial charge is 0.00519 e. The molecule has 0 aliphatic heterocycles. The lowest BCUT2D eigenvalue weighted by Gasteiger charge is -2.31. The molecular formula is C22H39N. The number of nitrogens with one attached hydrogen (secondary N) is 1. The van der Waals surface area contributed by atoms with Gasteiger partial charge in [-0.05, 0) is 73.2 Å². The summed E-state index contributed by atoms with van der Waals surface area (Å²) in [5.41, 5.74) is 5.17. The molecule has 0 heterocycles. The second-order valence-electron chi connectivity index (χ2n) is 8.26. The standard InChI is InChI=1S/C22H39N/c1-8-21(3,4)19-15-14-18(13-11-10-12-16-23-7)20(17-19)22(5,6)9-2/h14-15,17,23H,8-13,16H2,1-7H3. The molecule has 1 N–H and O–H groups in total. The summed E-state index contributed by atoms with van der Waals surface area (Å²) in [5.74, 6) is 0. The fraction of sp³-hybridized carbons (Fsp3) is 0.727. The summed E-state index contributed by atoms with van der Waals surface area (Å²) < 4.78 is 0. The van der Waals surface area contributed by atoms with Gasteiger partial charge in [-0.3, -0.25) is 0 Å². The van der Waals surface area contributed by atoms with Gasteiger partial charge in [0.2, 0.25) is 0 Å². The molecule has 1 aromatic rings. The van der Waals surface area contributed by atoms with Gasteiger partial charge in [0.15, 0.2) is 0 Å². The van der Waals surface area contributed by atoms with E-state index in [-0.39, 0.29) is 10.8 Å². The van der Waals surface area contributed by atoms with E-state index in [0.29, 0.717) is 0 Å². The van der Waals surface area contributed by atoms with Crippen molar-refractivity contribution in [1.29, 1.82) is 0 Å². The molecule has 0 saturated heterocycles. The van der Waals surface area contributed by atoms with Gasteiger partial charge in [0.1, 0.15) is 0 Å². The molecule has 0 unspecified atom stereocenters. The number of hydrogen-bond donors (Lipinski definition) is 1. The van der Waals surface area contributed by atoms with Crippen molar-refractivity contribution in [3.05, 3.63) is 34.9 Å². The molecule has 132 valence electrons. The molecule has 0 aliphatic rings. The third-order valence-corrected chi connectivity index (χ3v) is 5.76. The quantitative estimate of drug-likeness (QED) is 0.522. The maximum Gasteiger partial charge on any atom is -0.00519 e. The van der Waals surface area contributed by atoms with Gasteiger partial charge in [-0.15, -0.1) is 0 Å². The largest absolute Gasteiger partial charge is 0.320 e. The van der Waals surface area contributed by atoms with Crippen LogP contribution < -0.4 is 5.32 Å². The fourth-order valence-electron chi connectivity index (χ4n) is 3.03. The van der Waals surface area contributed by atoms with Crippen LogP contribution in [0.5, 0.6) is 0 Å². The zero-order chi connectivity index (χ0) is 17.5. The highest BCUT2D eigenvalue weighted by Gasteiger charge is 2.25. The minimum absolute atomic E-state index is 0.264. The third kappa shape index (κ3) is 5.64. The second kappa shape index (κ2) is 8.87. The van der Waals surface area contributed by atoms with E-state index in [1.54, 1.807) is 11.1 Å². The monoisotopic (exact) mass is 317 g/mol. The molecule has 0 fully saturated rings. The summed E-state index contributed by atoms with van der Waals surface area (Å²) in [6.45, 7) is 15.3. The van der Waals surface area contributed by atoms with E-state index in [9.17, 15) is 0 Å². The number of benzene rings is 1. The van der Waals surface area contributed by atoms with Crippen molar-refractivity contribution in [3.63, 3.8) is 0 Å². The average Bonchev–Trinajstić information content (AvgIpc) is 2.54. The van der Waals surface area contributed by atoms with Gasteiger partial charge in [-0.1, -0.05) is 66.2 Å². The van der Waals surface area contributed by atoms with Gasteiger partial charge in [0.05, 0.1) is 0 Å². The minimum Gasteiger partial charge on any atom is -0.320 e. The SMILES string of the molecule is CCC(C)(C)c1ccc(CCCCCNC)c(C(C)(C)CC)c1. The van der Waals surface area contributed by atoms with Crippen molar-refractivity contribution in [1.82, 2.24) is 5.32 Å². The number of rotatable bonds is 10. The van der Waals surface area contributed by atoms with Crippen LogP contribution in [-0.4, -0.2) is 13.6 Å². The molecule has 0 atom stereocenters. The van der Waals surface area contributed by atoms with Crippen molar-refractivity contribution in [3.8, 4) is 0 Å². The molecule has 0 amide bonds. The molecule has 0 saturated carbocycles. The number of hydrogen-bond acceptors (Lipinski definition) is 1. The van der Waals surface area contributed by atoms with Crippen LogP contribution in [0.3, 0.4) is 0 Å². The average molecular weight is 318 g/mol. The number of unbranched alkanes of at least 4 members (excludes halogenated alkanes) is 2. The van der Waals surface area contributed by atoms with Gasteiger partial charge in [0, 0.05) is 0 Å². The van der Waals surface area contributed by atoms with E-state index in [2.05, 4.69) is 65.1 Å². The summed E-state index contributed by atoms with van der Waals surface area (Å²) >= 11 is 0. The Morgan fingerprint density at radius 1 is 0.870 bits per heavy atom. The Kier molecular flexibility index (Phi) is 7.80. The Hall–Kier alpha value is -0.820. The molecule has 1 nitrogen and oxygen atoms in total. The van der Waals surface area contributed by atoms with E-state index < -0.39 is 0 Å². The molecule has 1 aromatic carbocycles. The molecule has 0 aromatic heterocycles. The first-order valence-corrected chi connectivity index (χ1v) is 9.57. The zero-order valence-corrected chi connectivity index (χ0v) is 16.7. The lowest BCUT2D eigenvalue weighted by Crippen LogP contribution is -2.22. The Morgan fingerprint density at radius 2 is 1.52 bits per heavy atom. The fourth-order valence-corrected chi connectivity index (χ4v) is 3.03. The maximum absolute atomic E-state index is 3.24. The summed E-state index contributed by atoms with van der Waals surface area (Å²) in [5, 5.41) is 3.24. The summed E-state index contributed by atoms with van der Waals surface area (Å²) in [4.78, 5) is 0. The van der Waals surface area contributed by atoms with E-state index in [0.717, 1.165) is 6.54 Å². The van der Waals surface area contributed by atoms with Crippen molar-refractivity contribution in [2.75, 3.05) is 13.6 Å². The maximum atomic E-state index is 3.24. The summed E-state index contributed by atoms with van der Waals surface area (Å²) in [6.07, 6.45) is 7.48. The molecule has 23 heavy (non-hydrogen) atoms. The first-order chi connectivity index (χ1) is 10.8. The highest BCUT2D eigenvalue weighted by molar-refractivity contribution is 5.40. The molecular weight excluding hydrogens is 278 g/mol. The highest BCUT2D eigenvalue weighted by atomic mass is 14.8. The predicted molar refractivity (Wildman–Crippen MR) is 105 cm³/mol. The first kappa shape index (κ1) is 20.2. The topological polar surface area (TPSA) is 12.0 Å². The van der Waals surface area contributed by atoms with Crippen molar-refractivity contribution >= 4 is 0 Å². The van der Waals surface area contributed by atoms with Crippen LogP contribution >= 0.6 is 0 Å². The Balaban J connectivity index is 3.01. The molecule has 0 spiro atoms. The van der Waals surface area contributed by atoms with Crippen molar-refractivity contribution < 1.29 is 0 Å². The molecule has 1 rings (SSSR count). The van der Waals surface area contributed by atoms with Gasteiger partial charge in [0.25, 0.3) is 0 Å². The highest BCUT2D eigenvalue weighted by Crippen LogP contribution is 2.35. The minimum atomic E-state index is 0.264. The van der Waals surface area contributed by atoms with Crippen LogP contribution in [0.25, 0.3) is 0 Å². The van der Waals surface area contributed by atoms with Crippen LogP contribution in [0, 0.1) is 0 Å². The van der Waals surface area contributed by atoms with Gasteiger partial charge in [-0.2, -0.15) is 0 Å². The molecule has 0 aliphatic carbocycles. The summed E-state index contributed by atoms with van der Waals surface area (Å²) in [7, 11) is 2.04. The van der Waals surface area contributed by atoms with Crippen LogP contribution in [0.15, 0.2) is 18.2 Å². The molecule has 0 bridgehead atoms. The van der Waals surface area contributed by atoms with Gasteiger partial charge in [-0.25, -0.2) is 0 Å². The normalized spacial score (nSPS) is 12.7. The van der Waals surface area contributed by atoms with Crippen molar-refractivity contribution in [2.24, 2.45) is 0 Å². The van der Waals surface area contributed by atoms with Gasteiger partial charge < -0.3 is 5.32 Å². The Labute approximate surface area is 145 Å². The van der Waals surface area contributed by atoms with Gasteiger partial charge >= 0.3 is 0 Å². The molecule has 0 radical (unpaired) electrons. The number of aryl methyl sites for hydroxylation is 1. The zero-order valence-electron chi connectivity index (χ0n) is 16.7. The van der Waals surface area contributed by atoms with Crippen LogP contribution in [0.1, 0.15) is 90.3 Å². The van der Waals surface area contributed by atoms with E-state index in [1.165, 1.54) is 44.1 Å². The van der Waals surface area contributed by atoms with Crippen LogP contribution in [0.2, 0.25) is 0 Å². The predicted octanol–water partition coefficient (Wildman–Crippen LogP) is 5.99. The second-order valence-corrected chi connectivity index (χ2v) is 8.26. The van der Waals surface area contributed by atoms with E-state index in [1.807, 2.05) is 7.05 Å². The lowest BCUT2D eigenvalue weighted by molar-refractivity contribution is 0.484. The third-order valence-electron chi connectivity index (χ3n) is 5.76. The van der Waals surface area contributed by atoms with E-state index in [4.69, 9.17) is 0 Å². The lowest BCUT2D eigenvalue weighted by atomic mass is 9.74. The Morgan fingerprint density at radius 3 is 2.09 bits per heavy atom. The van der Waals surface area contributed by atoms with Crippen LogP contribution in [-0.2, 0) is 17.3 Å².